The summed E-state index contributed by atoms with van der Waals surface area (Å²) < 4.78 is 0. The highest BCUT2D eigenvalue weighted by Gasteiger charge is 2.28. The van der Waals surface area contributed by atoms with Crippen LogP contribution in [0, 0.1) is 5.92 Å². The van der Waals surface area contributed by atoms with E-state index in [0.717, 1.165) is 31.2 Å². The van der Waals surface area contributed by atoms with Crippen molar-refractivity contribution in [3.05, 3.63) is 59.1 Å². The standard InChI is InChI=1S/C21H27ClN2S/c1-3-16(2)21(24-14-12-23-13-15-24)19-6-4-5-7-20(19)25-18-10-8-17(22)9-11-18/h4-11,16,21,23H,3,12-15H2,1-2H3/t16?,21-/m1/s1. The Morgan fingerprint density at radius 1 is 1.08 bits per heavy atom. The van der Waals surface area contributed by atoms with Gasteiger partial charge in [0.1, 0.15) is 0 Å². The summed E-state index contributed by atoms with van der Waals surface area (Å²) >= 11 is 7.88. The number of halogens is 1. The number of piperazine rings is 1. The van der Waals surface area contributed by atoms with Gasteiger partial charge in [-0.2, -0.15) is 0 Å². The maximum Gasteiger partial charge on any atom is 0.0406 e. The Hall–Kier alpha value is -1.00. The molecular weight excluding hydrogens is 348 g/mol. The van der Waals surface area contributed by atoms with Crippen LogP contribution in [0.3, 0.4) is 0 Å². The van der Waals surface area contributed by atoms with E-state index in [2.05, 4.69) is 60.5 Å². The van der Waals surface area contributed by atoms with Crippen LogP contribution in [0.15, 0.2) is 58.3 Å². The first-order valence-electron chi connectivity index (χ1n) is 9.16. The summed E-state index contributed by atoms with van der Waals surface area (Å²) in [5, 5.41) is 4.27. The van der Waals surface area contributed by atoms with Crippen molar-refractivity contribution in [1.82, 2.24) is 10.2 Å². The highest BCUT2D eigenvalue weighted by Crippen LogP contribution is 2.39. The quantitative estimate of drug-likeness (QED) is 0.720. The molecule has 1 N–H and O–H groups in total. The minimum absolute atomic E-state index is 0.475. The van der Waals surface area contributed by atoms with Crippen molar-refractivity contribution in [3.63, 3.8) is 0 Å². The number of benzene rings is 2. The monoisotopic (exact) mass is 374 g/mol. The third-order valence-corrected chi connectivity index (χ3v) is 6.36. The van der Waals surface area contributed by atoms with Gasteiger partial charge in [0.15, 0.2) is 0 Å². The van der Waals surface area contributed by atoms with Crippen LogP contribution in [0.25, 0.3) is 0 Å². The molecule has 1 heterocycles. The van der Waals surface area contributed by atoms with Crippen molar-refractivity contribution in [3.8, 4) is 0 Å². The Morgan fingerprint density at radius 3 is 2.44 bits per heavy atom. The second-order valence-electron chi connectivity index (χ2n) is 6.71. The summed E-state index contributed by atoms with van der Waals surface area (Å²) in [6.45, 7) is 9.09. The number of hydrogen-bond acceptors (Lipinski definition) is 3. The average molecular weight is 375 g/mol. The van der Waals surface area contributed by atoms with Gasteiger partial charge < -0.3 is 5.32 Å². The predicted octanol–water partition coefficient (Wildman–Crippen LogP) is 5.48. The van der Waals surface area contributed by atoms with E-state index in [-0.39, 0.29) is 0 Å². The SMILES string of the molecule is CCC(C)[C@H](c1ccccc1Sc1ccc(Cl)cc1)N1CCNCC1. The van der Waals surface area contributed by atoms with Crippen LogP contribution in [-0.2, 0) is 0 Å². The van der Waals surface area contributed by atoms with Gasteiger partial charge in [0.05, 0.1) is 0 Å². The number of nitrogens with zero attached hydrogens (tertiary/aromatic N) is 1. The molecule has 0 aliphatic carbocycles. The van der Waals surface area contributed by atoms with Gasteiger partial charge in [-0.3, -0.25) is 4.90 Å². The lowest BCUT2D eigenvalue weighted by Crippen LogP contribution is -2.46. The van der Waals surface area contributed by atoms with Crippen LogP contribution < -0.4 is 5.32 Å². The molecular formula is C21H27ClN2S. The molecule has 2 atom stereocenters. The minimum atomic E-state index is 0.475. The normalized spacial score (nSPS) is 18.0. The van der Waals surface area contributed by atoms with Crippen molar-refractivity contribution in [2.45, 2.75) is 36.1 Å². The molecule has 134 valence electrons. The molecule has 25 heavy (non-hydrogen) atoms. The Labute approximate surface area is 161 Å². The first kappa shape index (κ1) is 18.8. The van der Waals surface area contributed by atoms with Crippen LogP contribution in [0.2, 0.25) is 5.02 Å². The fourth-order valence-corrected chi connectivity index (χ4v) is 4.60. The summed E-state index contributed by atoms with van der Waals surface area (Å²) in [5.41, 5.74) is 1.46. The molecule has 2 aromatic carbocycles. The Morgan fingerprint density at radius 2 is 1.76 bits per heavy atom. The molecule has 2 aromatic rings. The Bertz CT molecular complexity index is 668. The first-order chi connectivity index (χ1) is 12.2. The first-order valence-corrected chi connectivity index (χ1v) is 10.4. The van der Waals surface area contributed by atoms with Gasteiger partial charge in [-0.25, -0.2) is 0 Å². The number of nitrogens with one attached hydrogen (secondary N) is 1. The summed E-state index contributed by atoms with van der Waals surface area (Å²) in [5.74, 6) is 0.630. The third kappa shape index (κ3) is 4.79. The summed E-state index contributed by atoms with van der Waals surface area (Å²) in [4.78, 5) is 5.25. The zero-order valence-electron chi connectivity index (χ0n) is 15.0. The number of hydrogen-bond donors (Lipinski definition) is 1. The maximum absolute atomic E-state index is 6.04. The zero-order valence-corrected chi connectivity index (χ0v) is 16.6. The van der Waals surface area contributed by atoms with Gasteiger partial charge in [0.25, 0.3) is 0 Å². The van der Waals surface area contributed by atoms with Gasteiger partial charge in [-0.15, -0.1) is 0 Å². The molecule has 0 bridgehead atoms. The summed E-state index contributed by atoms with van der Waals surface area (Å²) in [6.07, 6.45) is 1.19. The van der Waals surface area contributed by atoms with Crippen molar-refractivity contribution in [1.29, 1.82) is 0 Å². The van der Waals surface area contributed by atoms with Gasteiger partial charge in [0.2, 0.25) is 0 Å². The van der Waals surface area contributed by atoms with Gasteiger partial charge in [-0.05, 0) is 41.8 Å². The highest BCUT2D eigenvalue weighted by molar-refractivity contribution is 7.99. The molecule has 4 heteroatoms. The lowest BCUT2D eigenvalue weighted by Gasteiger charge is -2.39. The Kier molecular flexibility index (Phi) is 6.83. The molecule has 0 amide bonds. The van der Waals surface area contributed by atoms with Crippen LogP contribution in [0.5, 0.6) is 0 Å². The smallest absolute Gasteiger partial charge is 0.0406 e. The highest BCUT2D eigenvalue weighted by atomic mass is 35.5. The molecule has 1 aliphatic rings. The third-order valence-electron chi connectivity index (χ3n) is 5.01. The lowest BCUT2D eigenvalue weighted by molar-refractivity contribution is 0.126. The van der Waals surface area contributed by atoms with Crippen molar-refractivity contribution >= 4 is 23.4 Å². The predicted molar refractivity (Wildman–Crippen MR) is 109 cm³/mol. The van der Waals surface area contributed by atoms with E-state index in [1.165, 1.54) is 21.8 Å². The Balaban J connectivity index is 1.91. The fourth-order valence-electron chi connectivity index (χ4n) is 3.49. The van der Waals surface area contributed by atoms with Crippen LogP contribution in [-0.4, -0.2) is 31.1 Å². The molecule has 1 saturated heterocycles. The molecule has 0 saturated carbocycles. The maximum atomic E-state index is 6.04. The van der Waals surface area contributed by atoms with E-state index in [1.807, 2.05) is 23.9 Å². The minimum Gasteiger partial charge on any atom is -0.314 e. The average Bonchev–Trinajstić information content (AvgIpc) is 2.66. The van der Waals surface area contributed by atoms with Gasteiger partial charge in [-0.1, -0.05) is 61.8 Å². The zero-order chi connectivity index (χ0) is 17.6. The van der Waals surface area contributed by atoms with E-state index >= 15 is 0 Å². The van der Waals surface area contributed by atoms with E-state index in [0.29, 0.717) is 12.0 Å². The van der Waals surface area contributed by atoms with E-state index in [1.54, 1.807) is 0 Å². The van der Waals surface area contributed by atoms with E-state index in [4.69, 9.17) is 11.6 Å². The molecule has 2 nitrogen and oxygen atoms in total. The van der Waals surface area contributed by atoms with Crippen molar-refractivity contribution < 1.29 is 0 Å². The largest absolute Gasteiger partial charge is 0.314 e. The van der Waals surface area contributed by atoms with E-state index in [9.17, 15) is 0 Å². The second-order valence-corrected chi connectivity index (χ2v) is 8.26. The van der Waals surface area contributed by atoms with Crippen LogP contribution >= 0.6 is 23.4 Å². The molecule has 0 radical (unpaired) electrons. The van der Waals surface area contributed by atoms with Crippen molar-refractivity contribution in [2.75, 3.05) is 26.2 Å². The molecule has 1 unspecified atom stereocenters. The molecule has 0 aromatic heterocycles. The van der Waals surface area contributed by atoms with E-state index < -0.39 is 0 Å². The molecule has 0 spiro atoms. The molecule has 1 aliphatic heterocycles. The fraction of sp³-hybridized carbons (Fsp3) is 0.429. The topological polar surface area (TPSA) is 15.3 Å². The van der Waals surface area contributed by atoms with Gasteiger partial charge >= 0.3 is 0 Å². The molecule has 1 fully saturated rings. The second kappa shape index (κ2) is 9.09. The van der Waals surface area contributed by atoms with Crippen LogP contribution in [0.4, 0.5) is 0 Å². The lowest BCUT2D eigenvalue weighted by atomic mass is 9.90. The molecule has 3 rings (SSSR count). The van der Waals surface area contributed by atoms with Crippen molar-refractivity contribution in [2.24, 2.45) is 5.92 Å². The summed E-state index contributed by atoms with van der Waals surface area (Å²) in [7, 11) is 0. The number of rotatable bonds is 6. The van der Waals surface area contributed by atoms with Gasteiger partial charge in [0, 0.05) is 47.0 Å². The summed E-state index contributed by atoms with van der Waals surface area (Å²) in [6, 6.07) is 17.5. The van der Waals surface area contributed by atoms with Crippen LogP contribution in [0.1, 0.15) is 31.9 Å².